The summed E-state index contributed by atoms with van der Waals surface area (Å²) in [6, 6.07) is 4.57. The third kappa shape index (κ3) is 6.79. The van der Waals surface area contributed by atoms with Crippen LogP contribution in [0, 0.1) is 11.7 Å². The number of sulfone groups is 1. The molecule has 8 heteroatoms. The number of benzene rings is 1. The standard InChI is InChI=1S/C22H30FNO5S/c1-16(18-7-8-20(23)21(11-18)29-14-17-5-6-17)15-30(27,28)10-4-2-3-9-24-13-19(25)12-22(24)26/h7-8,11,16-17H,2-6,9-10,12-15H2,1H3/t16-/m0/s1. The van der Waals surface area contributed by atoms with E-state index in [1.807, 2.05) is 6.92 Å². The lowest BCUT2D eigenvalue weighted by atomic mass is 10.0. The first kappa shape index (κ1) is 22.7. The van der Waals surface area contributed by atoms with E-state index in [4.69, 9.17) is 4.74 Å². The van der Waals surface area contributed by atoms with E-state index >= 15 is 0 Å². The van der Waals surface area contributed by atoms with Crippen LogP contribution >= 0.6 is 0 Å². The van der Waals surface area contributed by atoms with Gasteiger partial charge in [-0.1, -0.05) is 19.4 Å². The third-order valence-corrected chi connectivity index (χ3v) is 7.57. The molecule has 3 rings (SSSR count). The minimum absolute atomic E-state index is 0.000188. The largest absolute Gasteiger partial charge is 0.490 e. The molecular weight excluding hydrogens is 409 g/mol. The molecular formula is C22H30FNO5S. The summed E-state index contributed by atoms with van der Waals surface area (Å²) in [7, 11) is -3.26. The molecule has 0 radical (unpaired) electrons. The molecule has 1 aromatic carbocycles. The van der Waals surface area contributed by atoms with Crippen LogP contribution < -0.4 is 4.74 Å². The van der Waals surface area contributed by atoms with Gasteiger partial charge in [0.05, 0.1) is 31.1 Å². The fourth-order valence-corrected chi connectivity index (χ4v) is 5.40. The summed E-state index contributed by atoms with van der Waals surface area (Å²) in [5.41, 5.74) is 0.753. The van der Waals surface area contributed by atoms with Crippen LogP contribution in [0.1, 0.15) is 56.9 Å². The van der Waals surface area contributed by atoms with Crippen molar-refractivity contribution in [2.45, 2.75) is 51.4 Å². The zero-order valence-corrected chi connectivity index (χ0v) is 18.3. The Morgan fingerprint density at radius 2 is 1.97 bits per heavy atom. The van der Waals surface area contributed by atoms with E-state index in [1.54, 1.807) is 12.1 Å². The van der Waals surface area contributed by atoms with Crippen molar-refractivity contribution >= 4 is 21.5 Å². The van der Waals surface area contributed by atoms with E-state index in [9.17, 15) is 22.4 Å². The highest BCUT2D eigenvalue weighted by atomic mass is 32.2. The first-order chi connectivity index (χ1) is 14.2. The van der Waals surface area contributed by atoms with Crippen LogP contribution in [0.25, 0.3) is 0 Å². The highest BCUT2D eigenvalue weighted by Crippen LogP contribution is 2.31. The van der Waals surface area contributed by atoms with E-state index in [-0.39, 0.29) is 47.8 Å². The summed E-state index contributed by atoms with van der Waals surface area (Å²) >= 11 is 0. The second kappa shape index (κ2) is 9.90. The maximum atomic E-state index is 14.0. The van der Waals surface area contributed by atoms with Crippen LogP contribution in [0.15, 0.2) is 18.2 Å². The van der Waals surface area contributed by atoms with Gasteiger partial charge in [0.2, 0.25) is 5.91 Å². The Kier molecular flexibility index (Phi) is 7.50. The van der Waals surface area contributed by atoms with Gasteiger partial charge in [-0.25, -0.2) is 12.8 Å². The second-order valence-electron chi connectivity index (χ2n) is 8.55. The summed E-state index contributed by atoms with van der Waals surface area (Å²) in [5, 5.41) is 0. The predicted molar refractivity (Wildman–Crippen MR) is 112 cm³/mol. The molecule has 0 aromatic heterocycles. The van der Waals surface area contributed by atoms with E-state index in [0.717, 1.165) is 18.4 Å². The molecule has 1 saturated heterocycles. The normalized spacial score (nSPS) is 18.1. The fourth-order valence-electron chi connectivity index (χ4n) is 3.63. The molecule has 0 N–H and O–H groups in total. The van der Waals surface area contributed by atoms with Crippen LogP contribution in [-0.4, -0.2) is 56.2 Å². The van der Waals surface area contributed by atoms with Gasteiger partial charge in [0.25, 0.3) is 0 Å². The first-order valence-corrected chi connectivity index (χ1v) is 12.5. The van der Waals surface area contributed by atoms with Crippen LogP contribution in [0.4, 0.5) is 4.39 Å². The van der Waals surface area contributed by atoms with Crippen molar-refractivity contribution in [3.05, 3.63) is 29.6 Å². The average molecular weight is 440 g/mol. The SMILES string of the molecule is C[C@@H](CS(=O)(=O)CCCCCN1CC(=O)CC1=O)c1ccc(F)c(OCC2CC2)c1. The Bertz CT molecular complexity index is 882. The van der Waals surface area contributed by atoms with Crippen molar-refractivity contribution in [2.75, 3.05) is 31.2 Å². The van der Waals surface area contributed by atoms with E-state index < -0.39 is 15.7 Å². The van der Waals surface area contributed by atoms with Gasteiger partial charge in [-0.2, -0.15) is 0 Å². The minimum atomic E-state index is -3.26. The maximum Gasteiger partial charge on any atom is 0.230 e. The monoisotopic (exact) mass is 439 g/mol. The van der Waals surface area contributed by atoms with Gasteiger partial charge >= 0.3 is 0 Å². The van der Waals surface area contributed by atoms with Crippen molar-refractivity contribution in [1.29, 1.82) is 0 Å². The smallest absolute Gasteiger partial charge is 0.230 e. The first-order valence-electron chi connectivity index (χ1n) is 10.7. The van der Waals surface area contributed by atoms with Crippen LogP contribution in [-0.2, 0) is 19.4 Å². The number of hydrogen-bond donors (Lipinski definition) is 0. The van der Waals surface area contributed by atoms with Crippen LogP contribution in [0.3, 0.4) is 0 Å². The molecule has 1 saturated carbocycles. The topological polar surface area (TPSA) is 80.8 Å². The minimum Gasteiger partial charge on any atom is -0.490 e. The van der Waals surface area contributed by atoms with Gasteiger partial charge in [-0.05, 0) is 55.2 Å². The molecule has 30 heavy (non-hydrogen) atoms. The Morgan fingerprint density at radius 3 is 2.63 bits per heavy atom. The van der Waals surface area contributed by atoms with Gasteiger partial charge in [0.15, 0.2) is 27.2 Å². The highest BCUT2D eigenvalue weighted by Gasteiger charge is 2.26. The molecule has 0 bridgehead atoms. The summed E-state index contributed by atoms with van der Waals surface area (Å²) in [5.74, 6) is -0.0936. The number of likely N-dealkylation sites (tertiary alicyclic amines) is 1. The quantitative estimate of drug-likeness (QED) is 0.369. The number of ether oxygens (including phenoxy) is 1. The fraction of sp³-hybridized carbons (Fsp3) is 0.636. The average Bonchev–Trinajstić information content (AvgIpc) is 3.44. The van der Waals surface area contributed by atoms with Gasteiger partial charge in [0.1, 0.15) is 0 Å². The number of ketones is 1. The maximum absolute atomic E-state index is 14.0. The number of amides is 1. The molecule has 2 aliphatic rings. The second-order valence-corrected chi connectivity index (χ2v) is 10.8. The van der Waals surface area contributed by atoms with Crippen molar-refractivity contribution in [3.8, 4) is 5.75 Å². The van der Waals surface area contributed by atoms with E-state index in [1.165, 1.54) is 11.0 Å². The number of unbranched alkanes of at least 4 members (excludes halogenated alkanes) is 2. The number of halogens is 1. The number of Topliss-reactive ketones (excluding diaryl/α,β-unsaturated/α-hetero) is 1. The lowest BCUT2D eigenvalue weighted by Crippen LogP contribution is -2.26. The lowest BCUT2D eigenvalue weighted by molar-refractivity contribution is -0.127. The molecule has 0 unspecified atom stereocenters. The van der Waals surface area contributed by atoms with E-state index in [2.05, 4.69) is 0 Å². The Labute approximate surface area is 177 Å². The van der Waals surface area contributed by atoms with Crippen molar-refractivity contribution < 1.29 is 27.1 Å². The molecule has 1 aliphatic carbocycles. The summed E-state index contributed by atoms with van der Waals surface area (Å²) < 4.78 is 44.5. The van der Waals surface area contributed by atoms with Gasteiger partial charge in [0, 0.05) is 6.54 Å². The molecule has 6 nitrogen and oxygen atoms in total. The Morgan fingerprint density at radius 1 is 1.20 bits per heavy atom. The molecule has 1 aromatic rings. The molecule has 1 aliphatic heterocycles. The van der Waals surface area contributed by atoms with Gasteiger partial charge < -0.3 is 9.64 Å². The van der Waals surface area contributed by atoms with Gasteiger partial charge in [-0.3, -0.25) is 9.59 Å². The number of carbonyl (C=O) groups excluding carboxylic acids is 2. The van der Waals surface area contributed by atoms with Crippen molar-refractivity contribution in [2.24, 2.45) is 5.92 Å². The third-order valence-electron chi connectivity index (χ3n) is 5.65. The highest BCUT2D eigenvalue weighted by molar-refractivity contribution is 7.91. The van der Waals surface area contributed by atoms with E-state index in [0.29, 0.717) is 38.3 Å². The number of nitrogens with zero attached hydrogens (tertiary/aromatic N) is 1. The molecule has 166 valence electrons. The zero-order chi connectivity index (χ0) is 21.7. The Hall–Kier alpha value is -1.96. The van der Waals surface area contributed by atoms with Crippen molar-refractivity contribution in [1.82, 2.24) is 4.90 Å². The molecule has 1 amide bonds. The number of rotatable bonds is 12. The molecule has 0 spiro atoms. The predicted octanol–water partition coefficient (Wildman–Crippen LogP) is 3.10. The number of hydrogen-bond acceptors (Lipinski definition) is 5. The van der Waals surface area contributed by atoms with Gasteiger partial charge in [-0.15, -0.1) is 0 Å². The zero-order valence-electron chi connectivity index (χ0n) is 17.4. The van der Waals surface area contributed by atoms with Crippen LogP contribution in [0.5, 0.6) is 5.75 Å². The Balaban J connectivity index is 1.42. The molecule has 1 atom stereocenters. The molecule has 2 fully saturated rings. The lowest BCUT2D eigenvalue weighted by Gasteiger charge is -2.15. The summed E-state index contributed by atoms with van der Waals surface area (Å²) in [6.07, 6.45) is 4.10. The van der Waals surface area contributed by atoms with Crippen LogP contribution in [0.2, 0.25) is 0 Å². The summed E-state index contributed by atoms with van der Waals surface area (Å²) in [4.78, 5) is 24.3. The van der Waals surface area contributed by atoms with Crippen molar-refractivity contribution in [3.63, 3.8) is 0 Å². The number of carbonyl (C=O) groups is 2. The molecule has 1 heterocycles. The summed E-state index contributed by atoms with van der Waals surface area (Å²) in [6.45, 7) is 3.01.